The minimum Gasteiger partial charge on any atom is -0.462 e. The fourth-order valence-electron chi connectivity index (χ4n) is 1.87. The molecule has 1 aromatic carbocycles. The first-order chi connectivity index (χ1) is 9.95. The first kappa shape index (κ1) is 17.3. The molecule has 0 spiro atoms. The summed E-state index contributed by atoms with van der Waals surface area (Å²) in [4.78, 5) is 13.9. The minimum atomic E-state index is -0.339. The lowest BCUT2D eigenvalue weighted by Gasteiger charge is -2.21. The normalized spacial score (nSPS) is 11.0. The summed E-state index contributed by atoms with van der Waals surface area (Å²) in [5, 5.41) is 3.30. The van der Waals surface area contributed by atoms with Crippen LogP contribution in [0.4, 0.5) is 11.4 Å². The molecule has 5 heteroatoms. The lowest BCUT2D eigenvalue weighted by molar-refractivity contribution is 0.0526. The predicted octanol–water partition coefficient (Wildman–Crippen LogP) is 2.59. The highest BCUT2D eigenvalue weighted by atomic mass is 16.5. The SMILES string of the molecule is CCOC(=O)c1ccc(NCCCN(C)C(C)C)c(N)c1. The van der Waals surface area contributed by atoms with Crippen LogP contribution in [0.5, 0.6) is 0 Å². The van der Waals surface area contributed by atoms with E-state index >= 15 is 0 Å². The van der Waals surface area contributed by atoms with Gasteiger partial charge in [0.15, 0.2) is 0 Å². The number of carbonyl (C=O) groups excluding carboxylic acids is 1. The number of esters is 1. The average molecular weight is 293 g/mol. The van der Waals surface area contributed by atoms with Gasteiger partial charge in [0.2, 0.25) is 0 Å². The summed E-state index contributed by atoms with van der Waals surface area (Å²) in [5.74, 6) is -0.339. The largest absolute Gasteiger partial charge is 0.462 e. The van der Waals surface area contributed by atoms with Crippen molar-refractivity contribution in [3.05, 3.63) is 23.8 Å². The summed E-state index contributed by atoms with van der Waals surface area (Å²) in [6.45, 7) is 8.39. The first-order valence-electron chi connectivity index (χ1n) is 7.46. The van der Waals surface area contributed by atoms with Gasteiger partial charge in [0.1, 0.15) is 0 Å². The Hall–Kier alpha value is -1.75. The van der Waals surface area contributed by atoms with Gasteiger partial charge in [0, 0.05) is 12.6 Å². The van der Waals surface area contributed by atoms with Gasteiger partial charge in [-0.25, -0.2) is 4.79 Å². The van der Waals surface area contributed by atoms with Crippen LogP contribution >= 0.6 is 0 Å². The molecular formula is C16H27N3O2. The number of nitrogens with zero attached hydrogens (tertiary/aromatic N) is 1. The van der Waals surface area contributed by atoms with Crippen molar-refractivity contribution in [2.45, 2.75) is 33.2 Å². The third kappa shape index (κ3) is 5.63. The van der Waals surface area contributed by atoms with Crippen molar-refractivity contribution >= 4 is 17.3 Å². The quantitative estimate of drug-likeness (QED) is 0.438. The zero-order chi connectivity index (χ0) is 15.8. The number of nitrogen functional groups attached to an aromatic ring is 1. The molecule has 0 aliphatic heterocycles. The Kier molecular flexibility index (Phi) is 7.02. The predicted molar refractivity (Wildman–Crippen MR) is 87.7 cm³/mol. The molecule has 0 amide bonds. The molecule has 1 aromatic rings. The lowest BCUT2D eigenvalue weighted by atomic mass is 10.1. The van der Waals surface area contributed by atoms with Gasteiger partial charge in [-0.2, -0.15) is 0 Å². The molecule has 5 nitrogen and oxygen atoms in total. The Morgan fingerprint density at radius 1 is 1.43 bits per heavy atom. The number of hydrogen-bond donors (Lipinski definition) is 2. The van der Waals surface area contributed by atoms with Crippen molar-refractivity contribution in [1.29, 1.82) is 0 Å². The smallest absolute Gasteiger partial charge is 0.338 e. The fourth-order valence-corrected chi connectivity index (χ4v) is 1.87. The molecule has 0 atom stereocenters. The van der Waals surface area contributed by atoms with E-state index in [4.69, 9.17) is 10.5 Å². The highest BCUT2D eigenvalue weighted by molar-refractivity contribution is 5.91. The van der Waals surface area contributed by atoms with Gasteiger partial charge in [0.25, 0.3) is 0 Å². The third-order valence-electron chi connectivity index (χ3n) is 3.45. The standard InChI is InChI=1S/C16H27N3O2/c1-5-21-16(20)13-7-8-15(14(17)11-13)18-9-6-10-19(4)12(2)3/h7-8,11-12,18H,5-6,9-10,17H2,1-4H3. The van der Waals surface area contributed by atoms with Crippen LogP contribution in [0.3, 0.4) is 0 Å². The zero-order valence-electron chi connectivity index (χ0n) is 13.5. The van der Waals surface area contributed by atoms with Crippen molar-refractivity contribution < 1.29 is 9.53 Å². The van der Waals surface area contributed by atoms with Crippen LogP contribution in [-0.2, 0) is 4.74 Å². The Morgan fingerprint density at radius 2 is 2.14 bits per heavy atom. The maximum atomic E-state index is 11.6. The Bertz CT molecular complexity index is 461. The van der Waals surface area contributed by atoms with E-state index in [1.54, 1.807) is 19.1 Å². The number of benzene rings is 1. The number of nitrogens with one attached hydrogen (secondary N) is 1. The van der Waals surface area contributed by atoms with Crippen LogP contribution in [0, 0.1) is 0 Å². The number of rotatable bonds is 8. The summed E-state index contributed by atoms with van der Waals surface area (Å²) in [7, 11) is 2.12. The molecule has 21 heavy (non-hydrogen) atoms. The third-order valence-corrected chi connectivity index (χ3v) is 3.45. The van der Waals surface area contributed by atoms with Crippen LogP contribution < -0.4 is 11.1 Å². The van der Waals surface area contributed by atoms with Crippen molar-refractivity contribution in [2.24, 2.45) is 0 Å². The van der Waals surface area contributed by atoms with Crippen LogP contribution in [0.2, 0.25) is 0 Å². The second kappa shape index (κ2) is 8.52. The Balaban J connectivity index is 2.48. The van der Waals surface area contributed by atoms with Crippen LogP contribution in [-0.4, -0.2) is 43.7 Å². The van der Waals surface area contributed by atoms with Gasteiger partial charge in [0.05, 0.1) is 23.5 Å². The summed E-state index contributed by atoms with van der Waals surface area (Å²) < 4.78 is 4.95. The molecule has 3 N–H and O–H groups in total. The van der Waals surface area contributed by atoms with E-state index in [1.165, 1.54) is 0 Å². The molecule has 0 saturated heterocycles. The molecule has 0 bridgehead atoms. The second-order valence-corrected chi connectivity index (χ2v) is 5.38. The maximum Gasteiger partial charge on any atom is 0.338 e. The summed E-state index contributed by atoms with van der Waals surface area (Å²) in [6, 6.07) is 5.77. The van der Waals surface area contributed by atoms with Crippen molar-refractivity contribution in [2.75, 3.05) is 37.8 Å². The van der Waals surface area contributed by atoms with Gasteiger partial charge in [-0.1, -0.05) is 0 Å². The number of ether oxygens (including phenoxy) is 1. The topological polar surface area (TPSA) is 67.6 Å². The van der Waals surface area contributed by atoms with E-state index < -0.39 is 0 Å². The van der Waals surface area contributed by atoms with E-state index in [1.807, 2.05) is 6.07 Å². The summed E-state index contributed by atoms with van der Waals surface area (Å²) in [5.41, 5.74) is 7.87. The van der Waals surface area contributed by atoms with E-state index in [0.717, 1.165) is 25.2 Å². The van der Waals surface area contributed by atoms with Gasteiger partial charge in [-0.15, -0.1) is 0 Å². The van der Waals surface area contributed by atoms with Gasteiger partial charge in [-0.3, -0.25) is 0 Å². The molecule has 0 saturated carbocycles. The van der Waals surface area contributed by atoms with Crippen molar-refractivity contribution in [3.63, 3.8) is 0 Å². The molecule has 0 heterocycles. The van der Waals surface area contributed by atoms with Crippen molar-refractivity contribution in [3.8, 4) is 0 Å². The monoisotopic (exact) mass is 293 g/mol. The average Bonchev–Trinajstić information content (AvgIpc) is 2.44. The lowest BCUT2D eigenvalue weighted by Crippen LogP contribution is -2.28. The maximum absolute atomic E-state index is 11.6. The zero-order valence-corrected chi connectivity index (χ0v) is 13.5. The van der Waals surface area contributed by atoms with Crippen LogP contribution in [0.25, 0.3) is 0 Å². The molecule has 0 radical (unpaired) electrons. The number of nitrogens with two attached hydrogens (primary N) is 1. The molecule has 0 aromatic heterocycles. The van der Waals surface area contributed by atoms with Gasteiger partial charge >= 0.3 is 5.97 Å². The molecular weight excluding hydrogens is 266 g/mol. The molecule has 1 rings (SSSR count). The van der Waals surface area contributed by atoms with E-state index in [2.05, 4.69) is 31.1 Å². The van der Waals surface area contributed by atoms with Gasteiger partial charge in [-0.05, 0) is 59.0 Å². The molecule has 0 unspecified atom stereocenters. The highest BCUT2D eigenvalue weighted by Gasteiger charge is 2.09. The Morgan fingerprint density at radius 3 is 2.71 bits per heavy atom. The highest BCUT2D eigenvalue weighted by Crippen LogP contribution is 2.20. The van der Waals surface area contributed by atoms with E-state index in [-0.39, 0.29) is 5.97 Å². The van der Waals surface area contributed by atoms with Crippen LogP contribution in [0.1, 0.15) is 37.6 Å². The van der Waals surface area contributed by atoms with Gasteiger partial charge < -0.3 is 20.7 Å². The molecule has 0 aliphatic rings. The van der Waals surface area contributed by atoms with Crippen LogP contribution in [0.15, 0.2) is 18.2 Å². The molecule has 118 valence electrons. The fraction of sp³-hybridized carbons (Fsp3) is 0.562. The van der Waals surface area contributed by atoms with E-state index in [9.17, 15) is 4.79 Å². The second-order valence-electron chi connectivity index (χ2n) is 5.38. The molecule has 0 aliphatic carbocycles. The number of carbonyl (C=O) groups is 1. The summed E-state index contributed by atoms with van der Waals surface area (Å²) >= 11 is 0. The number of hydrogen-bond acceptors (Lipinski definition) is 5. The van der Waals surface area contributed by atoms with Crippen molar-refractivity contribution in [1.82, 2.24) is 4.90 Å². The number of anilines is 2. The Labute approximate surface area is 127 Å². The minimum absolute atomic E-state index is 0.339. The van der Waals surface area contributed by atoms with E-state index in [0.29, 0.717) is 23.9 Å². The first-order valence-corrected chi connectivity index (χ1v) is 7.46. The summed E-state index contributed by atoms with van der Waals surface area (Å²) in [6.07, 6.45) is 1.04. The molecule has 0 fully saturated rings.